The van der Waals surface area contributed by atoms with Gasteiger partial charge in [-0.25, -0.2) is 0 Å². The minimum absolute atomic E-state index is 0.263. The summed E-state index contributed by atoms with van der Waals surface area (Å²) in [6.45, 7) is 5.09. The molecule has 0 spiro atoms. The third kappa shape index (κ3) is 3.34. The van der Waals surface area contributed by atoms with Gasteiger partial charge < -0.3 is 9.64 Å². The van der Waals surface area contributed by atoms with E-state index in [1.807, 2.05) is 0 Å². The van der Waals surface area contributed by atoms with E-state index in [1.165, 1.54) is 12.0 Å². The molecule has 0 unspecified atom stereocenters. The quantitative estimate of drug-likeness (QED) is 0.843. The maximum Gasteiger partial charge on any atom is 0.254 e. The lowest BCUT2D eigenvalue weighted by Gasteiger charge is -2.37. The number of benzene rings is 1. The molecule has 0 aromatic heterocycles. The SMILES string of the molecule is COC1(C(=O)N2C[C@H]3CN(Cc4ccccc4)C[C@H]3C2)CCCCC1. The standard InChI is InChI=1S/C21H30N2O2/c1-25-21(10-6-3-7-11-21)20(24)23-15-18-13-22(14-19(18)16-23)12-17-8-4-2-5-9-17/h2,4-5,8-9,18-19H,3,6-7,10-16H2,1H3/t18-,19+. The zero-order chi connectivity index (χ0) is 17.3. The summed E-state index contributed by atoms with van der Waals surface area (Å²) in [5.74, 6) is 1.52. The average molecular weight is 342 g/mol. The van der Waals surface area contributed by atoms with Gasteiger partial charge in [-0.15, -0.1) is 0 Å². The van der Waals surface area contributed by atoms with Crippen LogP contribution in [0.5, 0.6) is 0 Å². The third-order valence-electron chi connectivity index (χ3n) is 6.54. The Labute approximate surface area is 151 Å². The Kier molecular flexibility index (Phi) is 4.83. The monoisotopic (exact) mass is 342 g/mol. The largest absolute Gasteiger partial charge is 0.368 e. The molecular formula is C21H30N2O2. The van der Waals surface area contributed by atoms with Crippen LogP contribution in [-0.2, 0) is 16.1 Å². The van der Waals surface area contributed by atoms with Crippen LogP contribution < -0.4 is 0 Å². The minimum atomic E-state index is -0.527. The fourth-order valence-corrected chi connectivity index (χ4v) is 5.14. The summed E-state index contributed by atoms with van der Waals surface area (Å²) >= 11 is 0. The first-order valence-electron chi connectivity index (χ1n) is 9.81. The molecule has 4 rings (SSSR count). The molecule has 2 saturated heterocycles. The molecular weight excluding hydrogens is 312 g/mol. The molecule has 2 aliphatic heterocycles. The number of methoxy groups -OCH3 is 1. The topological polar surface area (TPSA) is 32.8 Å². The first-order valence-corrected chi connectivity index (χ1v) is 9.81. The molecule has 1 amide bonds. The molecule has 25 heavy (non-hydrogen) atoms. The molecule has 0 bridgehead atoms. The fraction of sp³-hybridized carbons (Fsp3) is 0.667. The summed E-state index contributed by atoms with van der Waals surface area (Å²) in [5.41, 5.74) is 0.858. The van der Waals surface area contributed by atoms with E-state index in [-0.39, 0.29) is 5.91 Å². The lowest BCUT2D eigenvalue weighted by molar-refractivity contribution is -0.158. The molecule has 4 nitrogen and oxygen atoms in total. The maximum atomic E-state index is 13.1. The maximum absolute atomic E-state index is 13.1. The van der Waals surface area contributed by atoms with E-state index >= 15 is 0 Å². The number of carbonyl (C=O) groups is 1. The molecule has 136 valence electrons. The van der Waals surface area contributed by atoms with Crippen LogP contribution in [0.25, 0.3) is 0 Å². The number of hydrogen-bond acceptors (Lipinski definition) is 3. The summed E-state index contributed by atoms with van der Waals surface area (Å²) in [7, 11) is 1.72. The summed E-state index contributed by atoms with van der Waals surface area (Å²) in [6, 6.07) is 10.7. The zero-order valence-electron chi connectivity index (χ0n) is 15.3. The van der Waals surface area contributed by atoms with Crippen LogP contribution in [0.2, 0.25) is 0 Å². The minimum Gasteiger partial charge on any atom is -0.368 e. The van der Waals surface area contributed by atoms with Crippen molar-refractivity contribution in [2.45, 2.75) is 44.2 Å². The van der Waals surface area contributed by atoms with Crippen molar-refractivity contribution < 1.29 is 9.53 Å². The lowest BCUT2D eigenvalue weighted by atomic mass is 9.83. The van der Waals surface area contributed by atoms with Gasteiger partial charge >= 0.3 is 0 Å². The molecule has 1 aromatic carbocycles. The number of fused-ring (bicyclic) bond motifs is 1. The molecule has 0 radical (unpaired) electrons. The first kappa shape index (κ1) is 17.0. The zero-order valence-corrected chi connectivity index (χ0v) is 15.3. The van der Waals surface area contributed by atoms with Gasteiger partial charge in [0.15, 0.2) is 0 Å². The van der Waals surface area contributed by atoms with Crippen LogP contribution in [0.4, 0.5) is 0 Å². The molecule has 2 atom stereocenters. The highest BCUT2D eigenvalue weighted by molar-refractivity contribution is 5.85. The third-order valence-corrected chi connectivity index (χ3v) is 6.54. The van der Waals surface area contributed by atoms with Crippen molar-refractivity contribution in [1.29, 1.82) is 0 Å². The Morgan fingerprint density at radius 1 is 1.04 bits per heavy atom. The predicted molar refractivity (Wildman–Crippen MR) is 98.1 cm³/mol. The smallest absolute Gasteiger partial charge is 0.254 e. The van der Waals surface area contributed by atoms with Gasteiger partial charge in [-0.1, -0.05) is 49.6 Å². The summed E-state index contributed by atoms with van der Waals surface area (Å²) in [6.07, 6.45) is 5.26. The number of carbonyl (C=O) groups excluding carboxylic acids is 1. The lowest BCUT2D eigenvalue weighted by Crippen LogP contribution is -2.51. The fourth-order valence-electron chi connectivity index (χ4n) is 5.14. The molecule has 4 heteroatoms. The first-order chi connectivity index (χ1) is 12.2. The summed E-state index contributed by atoms with van der Waals surface area (Å²) in [4.78, 5) is 17.8. The van der Waals surface area contributed by atoms with Crippen LogP contribution in [0.15, 0.2) is 30.3 Å². The number of nitrogens with zero attached hydrogens (tertiary/aromatic N) is 2. The van der Waals surface area contributed by atoms with Gasteiger partial charge in [0, 0.05) is 39.8 Å². The van der Waals surface area contributed by atoms with Crippen molar-refractivity contribution in [2.75, 3.05) is 33.3 Å². The van der Waals surface area contributed by atoms with Gasteiger partial charge in [-0.05, 0) is 30.2 Å². The molecule has 1 saturated carbocycles. The van der Waals surface area contributed by atoms with Crippen LogP contribution in [0.3, 0.4) is 0 Å². The molecule has 0 N–H and O–H groups in total. The van der Waals surface area contributed by atoms with E-state index in [2.05, 4.69) is 40.1 Å². The second-order valence-corrected chi connectivity index (χ2v) is 8.17. The summed E-state index contributed by atoms with van der Waals surface area (Å²) < 4.78 is 5.77. The second-order valence-electron chi connectivity index (χ2n) is 8.17. The number of ether oxygens (including phenoxy) is 1. The van der Waals surface area contributed by atoms with Gasteiger partial charge in [-0.2, -0.15) is 0 Å². The number of hydrogen-bond donors (Lipinski definition) is 0. The molecule has 3 aliphatic rings. The average Bonchev–Trinajstić information content (AvgIpc) is 3.21. The van der Waals surface area contributed by atoms with Crippen LogP contribution in [0.1, 0.15) is 37.7 Å². The number of rotatable bonds is 4. The van der Waals surface area contributed by atoms with E-state index in [0.717, 1.165) is 58.4 Å². The molecule has 2 heterocycles. The van der Waals surface area contributed by atoms with E-state index in [4.69, 9.17) is 4.74 Å². The predicted octanol–water partition coefficient (Wildman–Crippen LogP) is 2.93. The molecule has 1 aliphatic carbocycles. The summed E-state index contributed by atoms with van der Waals surface area (Å²) in [5, 5.41) is 0. The number of amides is 1. The Morgan fingerprint density at radius 2 is 1.68 bits per heavy atom. The normalized spacial score (nSPS) is 28.9. The van der Waals surface area contributed by atoms with Gasteiger partial charge in [0.1, 0.15) is 5.60 Å². The van der Waals surface area contributed by atoms with Crippen molar-refractivity contribution in [3.05, 3.63) is 35.9 Å². The van der Waals surface area contributed by atoms with Crippen molar-refractivity contribution in [2.24, 2.45) is 11.8 Å². The van der Waals surface area contributed by atoms with E-state index < -0.39 is 5.60 Å². The van der Waals surface area contributed by atoms with Gasteiger partial charge in [0.05, 0.1) is 0 Å². The van der Waals surface area contributed by atoms with E-state index in [9.17, 15) is 4.79 Å². The highest BCUT2D eigenvalue weighted by Crippen LogP contribution is 2.37. The Morgan fingerprint density at radius 3 is 2.28 bits per heavy atom. The van der Waals surface area contributed by atoms with Gasteiger partial charge in [0.25, 0.3) is 5.91 Å². The van der Waals surface area contributed by atoms with Crippen molar-refractivity contribution in [3.63, 3.8) is 0 Å². The highest BCUT2D eigenvalue weighted by atomic mass is 16.5. The highest BCUT2D eigenvalue weighted by Gasteiger charge is 2.48. The molecule has 1 aromatic rings. The van der Waals surface area contributed by atoms with Crippen LogP contribution in [0, 0.1) is 11.8 Å². The van der Waals surface area contributed by atoms with E-state index in [1.54, 1.807) is 7.11 Å². The van der Waals surface area contributed by atoms with Crippen LogP contribution in [-0.4, -0.2) is 54.6 Å². The van der Waals surface area contributed by atoms with Crippen molar-refractivity contribution in [1.82, 2.24) is 9.80 Å². The van der Waals surface area contributed by atoms with Crippen molar-refractivity contribution in [3.8, 4) is 0 Å². The Balaban J connectivity index is 1.35. The van der Waals surface area contributed by atoms with Crippen molar-refractivity contribution >= 4 is 5.91 Å². The Hall–Kier alpha value is -1.39. The Bertz CT molecular complexity index is 583. The van der Waals surface area contributed by atoms with Crippen LogP contribution >= 0.6 is 0 Å². The van der Waals surface area contributed by atoms with Gasteiger partial charge in [-0.3, -0.25) is 9.69 Å². The van der Waals surface area contributed by atoms with Gasteiger partial charge in [0.2, 0.25) is 0 Å². The molecule has 3 fully saturated rings. The second kappa shape index (κ2) is 7.08. The van der Waals surface area contributed by atoms with E-state index in [0.29, 0.717) is 11.8 Å². The number of likely N-dealkylation sites (tertiary alicyclic amines) is 2.